The Hall–Kier alpha value is -1.59. The van der Waals surface area contributed by atoms with E-state index in [1.165, 1.54) is 24.1 Å². The molecule has 1 fully saturated rings. The van der Waals surface area contributed by atoms with Gasteiger partial charge in [0, 0.05) is 43.9 Å². The lowest BCUT2D eigenvalue weighted by atomic mass is 9.95. The van der Waals surface area contributed by atoms with Crippen LogP contribution < -0.4 is 0 Å². The number of aryl methyl sites for hydroxylation is 1. The smallest absolute Gasteiger partial charge is 0.117 e. The van der Waals surface area contributed by atoms with Gasteiger partial charge in [-0.3, -0.25) is 9.58 Å². The number of ether oxygens (including phenoxy) is 1. The Balaban J connectivity index is 1.46. The third kappa shape index (κ3) is 3.51. The van der Waals surface area contributed by atoms with Crippen molar-refractivity contribution in [2.75, 3.05) is 19.8 Å². The summed E-state index contributed by atoms with van der Waals surface area (Å²) < 4.78 is 13.6. The molecule has 0 amide bonds. The molecule has 1 aliphatic carbocycles. The fourth-order valence-electron chi connectivity index (χ4n) is 3.34. The second-order valence-corrected chi connectivity index (χ2v) is 6.81. The van der Waals surface area contributed by atoms with Gasteiger partial charge in [-0.15, -0.1) is 0 Å². The second kappa shape index (κ2) is 6.49. The van der Waals surface area contributed by atoms with Crippen LogP contribution in [0.1, 0.15) is 42.7 Å². The number of rotatable bonds is 7. The van der Waals surface area contributed by atoms with Crippen LogP contribution in [0.5, 0.6) is 0 Å². The molecular formula is C18H25N3O2. The lowest BCUT2D eigenvalue weighted by Gasteiger charge is -2.31. The van der Waals surface area contributed by atoms with E-state index in [0.29, 0.717) is 5.92 Å². The molecule has 0 saturated heterocycles. The summed E-state index contributed by atoms with van der Waals surface area (Å²) in [5.74, 6) is 2.24. The lowest BCUT2D eigenvalue weighted by Crippen LogP contribution is -2.34. The topological polar surface area (TPSA) is 43.4 Å². The van der Waals surface area contributed by atoms with Crippen molar-refractivity contribution in [1.82, 2.24) is 14.7 Å². The van der Waals surface area contributed by atoms with Crippen LogP contribution >= 0.6 is 0 Å². The Morgan fingerprint density at radius 2 is 2.26 bits per heavy atom. The standard InChI is InChI=1S/C18H25N3O2/c1-2-21-10-17-15(13-22-12-14-5-6-14)8-20(11-18(17)19-21)9-16-4-3-7-23-16/h3-4,7,10,14-15H,2,5-6,8-9,11-13H2,1H3/t15-/m0/s1. The molecule has 0 radical (unpaired) electrons. The molecule has 2 aromatic heterocycles. The van der Waals surface area contributed by atoms with Gasteiger partial charge >= 0.3 is 0 Å². The van der Waals surface area contributed by atoms with Crippen LogP contribution in [0.3, 0.4) is 0 Å². The van der Waals surface area contributed by atoms with Crippen molar-refractivity contribution in [3.05, 3.63) is 41.6 Å². The van der Waals surface area contributed by atoms with Crippen LogP contribution in [0.4, 0.5) is 0 Å². The normalized spacial score (nSPS) is 21.5. The average Bonchev–Trinajstić information content (AvgIpc) is 3.06. The number of furan rings is 1. The summed E-state index contributed by atoms with van der Waals surface area (Å²) in [7, 11) is 0. The number of aromatic nitrogens is 2. The van der Waals surface area contributed by atoms with Gasteiger partial charge in [0.1, 0.15) is 5.76 Å². The first kappa shape index (κ1) is 15.0. The second-order valence-electron chi connectivity index (χ2n) is 6.81. The summed E-state index contributed by atoms with van der Waals surface area (Å²) in [4.78, 5) is 2.42. The van der Waals surface area contributed by atoms with Crippen LogP contribution in [0.25, 0.3) is 0 Å². The molecular weight excluding hydrogens is 290 g/mol. The molecule has 1 saturated carbocycles. The highest BCUT2D eigenvalue weighted by Gasteiger charge is 2.29. The minimum Gasteiger partial charge on any atom is -0.468 e. The van der Waals surface area contributed by atoms with Crippen molar-refractivity contribution >= 4 is 0 Å². The maximum Gasteiger partial charge on any atom is 0.117 e. The zero-order valence-corrected chi connectivity index (χ0v) is 13.8. The largest absolute Gasteiger partial charge is 0.468 e. The van der Waals surface area contributed by atoms with E-state index in [-0.39, 0.29) is 0 Å². The van der Waals surface area contributed by atoms with E-state index in [9.17, 15) is 0 Å². The number of nitrogens with zero attached hydrogens (tertiary/aromatic N) is 3. The lowest BCUT2D eigenvalue weighted by molar-refractivity contribution is 0.0873. The van der Waals surface area contributed by atoms with E-state index in [4.69, 9.17) is 14.3 Å². The highest BCUT2D eigenvalue weighted by molar-refractivity contribution is 5.25. The van der Waals surface area contributed by atoms with E-state index in [1.807, 2.05) is 12.1 Å². The van der Waals surface area contributed by atoms with Gasteiger partial charge in [0.05, 0.1) is 25.1 Å². The first-order valence-corrected chi connectivity index (χ1v) is 8.70. The van der Waals surface area contributed by atoms with Gasteiger partial charge in [0.15, 0.2) is 0 Å². The molecule has 23 heavy (non-hydrogen) atoms. The van der Waals surface area contributed by atoms with Crippen LogP contribution in [0.2, 0.25) is 0 Å². The Labute approximate surface area is 137 Å². The predicted molar refractivity (Wildman–Crippen MR) is 87.0 cm³/mol. The monoisotopic (exact) mass is 315 g/mol. The van der Waals surface area contributed by atoms with Gasteiger partial charge < -0.3 is 9.15 Å². The Morgan fingerprint density at radius 3 is 3.00 bits per heavy atom. The van der Waals surface area contributed by atoms with Crippen molar-refractivity contribution in [3.63, 3.8) is 0 Å². The van der Waals surface area contributed by atoms with E-state index >= 15 is 0 Å². The van der Waals surface area contributed by atoms with E-state index < -0.39 is 0 Å². The minimum absolute atomic E-state index is 0.410. The predicted octanol–water partition coefficient (Wildman–Crippen LogP) is 3.02. The molecule has 124 valence electrons. The van der Waals surface area contributed by atoms with E-state index in [2.05, 4.69) is 22.7 Å². The van der Waals surface area contributed by atoms with Gasteiger partial charge in [-0.25, -0.2) is 0 Å². The first-order valence-electron chi connectivity index (χ1n) is 8.70. The minimum atomic E-state index is 0.410. The molecule has 0 aromatic carbocycles. The van der Waals surface area contributed by atoms with Gasteiger partial charge in [0.25, 0.3) is 0 Å². The van der Waals surface area contributed by atoms with Gasteiger partial charge in [-0.05, 0) is 37.8 Å². The van der Waals surface area contributed by atoms with Crippen molar-refractivity contribution in [3.8, 4) is 0 Å². The van der Waals surface area contributed by atoms with Crippen LogP contribution in [-0.4, -0.2) is 34.4 Å². The van der Waals surface area contributed by atoms with Gasteiger partial charge in [-0.1, -0.05) is 0 Å². The molecule has 5 heteroatoms. The van der Waals surface area contributed by atoms with Crippen molar-refractivity contribution < 1.29 is 9.15 Å². The third-order valence-electron chi connectivity index (χ3n) is 4.82. The Morgan fingerprint density at radius 1 is 1.35 bits per heavy atom. The van der Waals surface area contributed by atoms with Gasteiger partial charge in [0.2, 0.25) is 0 Å². The number of hydrogen-bond donors (Lipinski definition) is 0. The Bertz CT molecular complexity index is 631. The summed E-state index contributed by atoms with van der Waals surface area (Å²) in [5, 5.41) is 4.74. The van der Waals surface area contributed by atoms with E-state index in [1.54, 1.807) is 6.26 Å². The SMILES string of the molecule is CCn1cc2c(n1)CN(Cc1ccco1)C[C@H]2COCC1CC1. The fourth-order valence-corrected chi connectivity index (χ4v) is 3.34. The quantitative estimate of drug-likeness (QED) is 0.788. The summed E-state index contributed by atoms with van der Waals surface area (Å²) in [5.41, 5.74) is 2.57. The summed E-state index contributed by atoms with van der Waals surface area (Å²) in [6, 6.07) is 3.99. The summed E-state index contributed by atoms with van der Waals surface area (Å²) >= 11 is 0. The molecule has 5 nitrogen and oxygen atoms in total. The summed E-state index contributed by atoms with van der Waals surface area (Å²) in [6.07, 6.45) is 6.64. The average molecular weight is 315 g/mol. The molecule has 3 heterocycles. The van der Waals surface area contributed by atoms with Crippen molar-refractivity contribution in [2.24, 2.45) is 5.92 Å². The van der Waals surface area contributed by atoms with Crippen LogP contribution in [-0.2, 0) is 24.4 Å². The zero-order valence-electron chi connectivity index (χ0n) is 13.8. The molecule has 0 bridgehead atoms. The van der Waals surface area contributed by atoms with Crippen molar-refractivity contribution in [2.45, 2.75) is 45.3 Å². The maximum absolute atomic E-state index is 5.99. The molecule has 0 unspecified atom stereocenters. The molecule has 0 N–H and O–H groups in total. The highest BCUT2D eigenvalue weighted by atomic mass is 16.5. The van der Waals surface area contributed by atoms with Crippen LogP contribution in [0, 0.1) is 5.92 Å². The third-order valence-corrected chi connectivity index (χ3v) is 4.82. The highest BCUT2D eigenvalue weighted by Crippen LogP contribution is 2.31. The molecule has 2 aliphatic rings. The van der Waals surface area contributed by atoms with Gasteiger partial charge in [-0.2, -0.15) is 5.10 Å². The fraction of sp³-hybridized carbons (Fsp3) is 0.611. The molecule has 0 spiro atoms. The number of hydrogen-bond acceptors (Lipinski definition) is 4. The summed E-state index contributed by atoms with van der Waals surface area (Å²) in [6.45, 7) is 7.51. The maximum atomic E-state index is 5.99. The number of fused-ring (bicyclic) bond motifs is 1. The Kier molecular flexibility index (Phi) is 4.23. The van der Waals surface area contributed by atoms with Crippen LogP contribution in [0.15, 0.2) is 29.0 Å². The molecule has 1 aliphatic heterocycles. The molecule has 4 rings (SSSR count). The zero-order chi connectivity index (χ0) is 15.6. The molecule has 1 atom stereocenters. The van der Waals surface area contributed by atoms with Crippen molar-refractivity contribution in [1.29, 1.82) is 0 Å². The molecule has 2 aromatic rings. The first-order chi connectivity index (χ1) is 11.3. The van der Waals surface area contributed by atoms with E-state index in [0.717, 1.165) is 51.1 Å².